The second kappa shape index (κ2) is 6.03. The first-order valence-electron chi connectivity index (χ1n) is 5.67. The lowest BCUT2D eigenvalue weighted by molar-refractivity contribution is -0.186. The smallest absolute Gasteiger partial charge is 0.355 e. The molecule has 2 amide bonds. The molecule has 0 atom stereocenters. The third kappa shape index (κ3) is 4.17. The van der Waals surface area contributed by atoms with Gasteiger partial charge in [0.05, 0.1) is 6.54 Å². The number of nitrogens with zero attached hydrogens (tertiary/aromatic N) is 1. The Morgan fingerprint density at radius 3 is 2.28 bits per heavy atom. The number of amides is 2. The minimum atomic E-state index is -4.80. The molecule has 1 fully saturated rings. The van der Waals surface area contributed by atoms with Crippen molar-refractivity contribution in [2.45, 2.75) is 19.0 Å². The first kappa shape index (κ1) is 14.7. The lowest BCUT2D eigenvalue weighted by Crippen LogP contribution is -2.47. The van der Waals surface area contributed by atoms with Crippen LogP contribution in [0.5, 0.6) is 0 Å². The van der Waals surface area contributed by atoms with Gasteiger partial charge in [0.2, 0.25) is 5.91 Å². The van der Waals surface area contributed by atoms with E-state index in [0.29, 0.717) is 19.4 Å². The zero-order valence-corrected chi connectivity index (χ0v) is 9.79. The maximum Gasteiger partial charge on any atom is 0.471 e. The number of rotatable bonds is 3. The number of nitrogens with one attached hydrogen (secondary N) is 1. The number of likely N-dealkylation sites (tertiary alicyclic amines) is 1. The number of alkyl halides is 3. The molecule has 0 bridgehead atoms. The molecule has 0 aromatic heterocycles. The quantitative estimate of drug-likeness (QED) is 0.747. The van der Waals surface area contributed by atoms with Crippen molar-refractivity contribution in [3.63, 3.8) is 0 Å². The highest BCUT2D eigenvalue weighted by Crippen LogP contribution is 2.23. The molecular weight excluding hydrogens is 251 g/mol. The van der Waals surface area contributed by atoms with Crippen LogP contribution in [0.2, 0.25) is 0 Å². The predicted octanol–water partition coefficient (Wildman–Crippen LogP) is -0.138. The average Bonchev–Trinajstić information content (AvgIpc) is 2.34. The summed E-state index contributed by atoms with van der Waals surface area (Å²) >= 11 is 0. The van der Waals surface area contributed by atoms with Crippen molar-refractivity contribution >= 4 is 11.8 Å². The lowest BCUT2D eigenvalue weighted by atomic mass is 9.96. The Hall–Kier alpha value is -1.31. The molecule has 8 heteroatoms. The van der Waals surface area contributed by atoms with Crippen LogP contribution in [-0.4, -0.2) is 49.1 Å². The van der Waals surface area contributed by atoms with Crippen LogP contribution in [0, 0.1) is 5.92 Å². The fraction of sp³-hybridized carbons (Fsp3) is 0.800. The molecule has 104 valence electrons. The van der Waals surface area contributed by atoms with Crippen LogP contribution in [-0.2, 0) is 9.59 Å². The van der Waals surface area contributed by atoms with Gasteiger partial charge in [-0.1, -0.05) is 0 Å². The van der Waals surface area contributed by atoms with Crippen LogP contribution < -0.4 is 11.1 Å². The Morgan fingerprint density at radius 2 is 1.83 bits per heavy atom. The average molecular weight is 267 g/mol. The van der Waals surface area contributed by atoms with Gasteiger partial charge in [-0.3, -0.25) is 9.59 Å². The monoisotopic (exact) mass is 267 g/mol. The summed E-state index contributed by atoms with van der Waals surface area (Å²) in [6.45, 7) is 0.429. The summed E-state index contributed by atoms with van der Waals surface area (Å²) in [6.07, 6.45) is -3.90. The van der Waals surface area contributed by atoms with Crippen molar-refractivity contribution in [2.24, 2.45) is 11.7 Å². The summed E-state index contributed by atoms with van der Waals surface area (Å²) < 4.78 is 36.5. The largest absolute Gasteiger partial charge is 0.471 e. The van der Waals surface area contributed by atoms with E-state index in [0.717, 1.165) is 4.90 Å². The van der Waals surface area contributed by atoms with E-state index in [1.54, 1.807) is 0 Å². The topological polar surface area (TPSA) is 75.4 Å². The summed E-state index contributed by atoms with van der Waals surface area (Å²) in [5, 5.41) is 2.59. The molecule has 0 radical (unpaired) electrons. The molecule has 1 aliphatic rings. The number of nitrogens with two attached hydrogens (primary N) is 1. The Labute approximate surface area is 102 Å². The second-order valence-electron chi connectivity index (χ2n) is 4.24. The van der Waals surface area contributed by atoms with E-state index in [-0.39, 0.29) is 31.5 Å². The number of hydrogen-bond donors (Lipinski definition) is 2. The molecule has 0 unspecified atom stereocenters. The van der Waals surface area contributed by atoms with Crippen LogP contribution in [0.3, 0.4) is 0 Å². The molecular formula is C10H16F3N3O2. The van der Waals surface area contributed by atoms with Crippen LogP contribution in [0.1, 0.15) is 12.8 Å². The maximum absolute atomic E-state index is 12.2. The van der Waals surface area contributed by atoms with Crippen molar-refractivity contribution in [3.8, 4) is 0 Å². The van der Waals surface area contributed by atoms with Gasteiger partial charge in [0.15, 0.2) is 0 Å². The summed E-state index contributed by atoms with van der Waals surface area (Å²) in [5.41, 5.74) is 5.11. The molecule has 18 heavy (non-hydrogen) atoms. The Balaban J connectivity index is 2.33. The fourth-order valence-corrected chi connectivity index (χ4v) is 1.85. The molecule has 5 nitrogen and oxygen atoms in total. The van der Waals surface area contributed by atoms with Gasteiger partial charge in [-0.15, -0.1) is 0 Å². The van der Waals surface area contributed by atoms with E-state index < -0.39 is 12.1 Å². The predicted molar refractivity (Wildman–Crippen MR) is 57.4 cm³/mol. The molecule has 0 saturated carbocycles. The zero-order chi connectivity index (χ0) is 13.8. The van der Waals surface area contributed by atoms with Crippen molar-refractivity contribution in [1.29, 1.82) is 0 Å². The van der Waals surface area contributed by atoms with Crippen molar-refractivity contribution in [2.75, 3.05) is 26.2 Å². The summed E-state index contributed by atoms with van der Waals surface area (Å²) in [5.74, 6) is -1.98. The van der Waals surface area contributed by atoms with Gasteiger partial charge < -0.3 is 16.0 Å². The molecule has 0 aromatic carbocycles. The zero-order valence-electron chi connectivity index (χ0n) is 9.79. The standard InChI is InChI=1S/C10H16F3N3O2/c11-10(12,13)9(18)16-3-1-7(2-4-16)6-15-8(17)5-14/h7H,1-6,14H2,(H,15,17). The van der Waals surface area contributed by atoms with E-state index in [1.165, 1.54) is 0 Å². The van der Waals surface area contributed by atoms with E-state index >= 15 is 0 Å². The molecule has 0 aromatic rings. The Kier molecular flexibility index (Phi) is 4.94. The number of carbonyl (C=O) groups is 2. The summed E-state index contributed by atoms with van der Waals surface area (Å²) in [7, 11) is 0. The summed E-state index contributed by atoms with van der Waals surface area (Å²) in [4.78, 5) is 22.7. The van der Waals surface area contributed by atoms with Crippen molar-refractivity contribution in [3.05, 3.63) is 0 Å². The minimum Gasteiger partial charge on any atom is -0.355 e. The van der Waals surface area contributed by atoms with E-state index in [4.69, 9.17) is 5.73 Å². The third-order valence-corrected chi connectivity index (χ3v) is 2.92. The van der Waals surface area contributed by atoms with Crippen molar-refractivity contribution in [1.82, 2.24) is 10.2 Å². The van der Waals surface area contributed by atoms with Gasteiger partial charge >= 0.3 is 12.1 Å². The minimum absolute atomic E-state index is 0.0709. The lowest BCUT2D eigenvalue weighted by Gasteiger charge is -2.32. The number of carbonyl (C=O) groups excluding carboxylic acids is 2. The highest BCUT2D eigenvalue weighted by Gasteiger charge is 2.43. The van der Waals surface area contributed by atoms with Crippen molar-refractivity contribution < 1.29 is 22.8 Å². The van der Waals surface area contributed by atoms with E-state index in [9.17, 15) is 22.8 Å². The van der Waals surface area contributed by atoms with Gasteiger partial charge in [-0.25, -0.2) is 0 Å². The van der Waals surface area contributed by atoms with Gasteiger partial charge in [0.1, 0.15) is 0 Å². The molecule has 0 spiro atoms. The first-order valence-corrected chi connectivity index (χ1v) is 5.67. The normalized spacial score (nSPS) is 17.7. The number of hydrogen-bond acceptors (Lipinski definition) is 3. The molecule has 3 N–H and O–H groups in total. The number of halogens is 3. The van der Waals surface area contributed by atoms with Crippen LogP contribution in [0.15, 0.2) is 0 Å². The highest BCUT2D eigenvalue weighted by atomic mass is 19.4. The van der Waals surface area contributed by atoms with Gasteiger partial charge in [-0.2, -0.15) is 13.2 Å². The highest BCUT2D eigenvalue weighted by molar-refractivity contribution is 5.82. The van der Waals surface area contributed by atoms with E-state index in [2.05, 4.69) is 5.32 Å². The summed E-state index contributed by atoms with van der Waals surface area (Å²) in [6, 6.07) is 0. The Bertz CT molecular complexity index is 312. The van der Waals surface area contributed by atoms with Gasteiger partial charge in [0, 0.05) is 19.6 Å². The fourth-order valence-electron chi connectivity index (χ4n) is 1.85. The maximum atomic E-state index is 12.2. The van der Waals surface area contributed by atoms with E-state index in [1.807, 2.05) is 0 Å². The first-order chi connectivity index (χ1) is 8.34. The van der Waals surface area contributed by atoms with Crippen LogP contribution >= 0.6 is 0 Å². The third-order valence-electron chi connectivity index (χ3n) is 2.92. The molecule has 1 rings (SSSR count). The van der Waals surface area contributed by atoms with Gasteiger partial charge in [-0.05, 0) is 18.8 Å². The molecule has 1 saturated heterocycles. The van der Waals surface area contributed by atoms with Crippen LogP contribution in [0.4, 0.5) is 13.2 Å². The molecule has 0 aliphatic carbocycles. The Morgan fingerprint density at radius 1 is 1.28 bits per heavy atom. The SMILES string of the molecule is NCC(=O)NCC1CCN(C(=O)C(F)(F)F)CC1. The second-order valence-corrected chi connectivity index (χ2v) is 4.24. The number of piperidine rings is 1. The van der Waals surface area contributed by atoms with Gasteiger partial charge in [0.25, 0.3) is 0 Å². The van der Waals surface area contributed by atoms with Crippen LogP contribution in [0.25, 0.3) is 0 Å². The molecule has 1 aliphatic heterocycles. The molecule has 1 heterocycles.